The lowest BCUT2D eigenvalue weighted by Crippen LogP contribution is -2.27. The zero-order chi connectivity index (χ0) is 14.3. The topological polar surface area (TPSA) is 63.3 Å². The standard InChI is InChI=1S/C15H31NO2/c1-11(10-13(17)15(3,4)5)8-6-7-9-12(2)14(16)18/h11-13,17H,6-10H2,1-5H3,(H2,16,18)/t11-,12-,13-/m1/s1. The first kappa shape index (κ1) is 17.4. The summed E-state index contributed by atoms with van der Waals surface area (Å²) in [7, 11) is 0. The quantitative estimate of drug-likeness (QED) is 0.656. The lowest BCUT2D eigenvalue weighted by molar-refractivity contribution is -0.121. The summed E-state index contributed by atoms with van der Waals surface area (Å²) >= 11 is 0. The van der Waals surface area contributed by atoms with Gasteiger partial charge in [0, 0.05) is 5.92 Å². The number of hydrogen-bond acceptors (Lipinski definition) is 2. The van der Waals surface area contributed by atoms with Crippen LogP contribution in [0.3, 0.4) is 0 Å². The summed E-state index contributed by atoms with van der Waals surface area (Å²) in [5.41, 5.74) is 5.19. The van der Waals surface area contributed by atoms with Crippen molar-refractivity contribution in [3.63, 3.8) is 0 Å². The van der Waals surface area contributed by atoms with E-state index in [0.29, 0.717) is 5.92 Å². The molecule has 0 aliphatic heterocycles. The van der Waals surface area contributed by atoms with Crippen molar-refractivity contribution in [1.82, 2.24) is 0 Å². The molecule has 3 heteroatoms. The van der Waals surface area contributed by atoms with E-state index >= 15 is 0 Å². The number of primary amides is 1. The Morgan fingerprint density at radius 2 is 1.67 bits per heavy atom. The highest BCUT2D eigenvalue weighted by Crippen LogP contribution is 2.26. The van der Waals surface area contributed by atoms with E-state index < -0.39 is 0 Å². The zero-order valence-corrected chi connectivity index (χ0v) is 12.7. The molecule has 108 valence electrons. The number of carbonyl (C=O) groups is 1. The van der Waals surface area contributed by atoms with E-state index in [9.17, 15) is 9.90 Å². The Morgan fingerprint density at radius 3 is 2.11 bits per heavy atom. The van der Waals surface area contributed by atoms with Gasteiger partial charge in [0.05, 0.1) is 6.10 Å². The van der Waals surface area contributed by atoms with Crippen molar-refractivity contribution >= 4 is 5.91 Å². The summed E-state index contributed by atoms with van der Waals surface area (Å²) in [5.74, 6) is 0.315. The number of aliphatic hydroxyl groups excluding tert-OH is 1. The number of aliphatic hydroxyl groups is 1. The highest BCUT2D eigenvalue weighted by Gasteiger charge is 2.23. The van der Waals surface area contributed by atoms with Crippen molar-refractivity contribution in [2.24, 2.45) is 23.0 Å². The minimum absolute atomic E-state index is 0.0135. The zero-order valence-electron chi connectivity index (χ0n) is 12.7. The van der Waals surface area contributed by atoms with Crippen LogP contribution < -0.4 is 5.73 Å². The van der Waals surface area contributed by atoms with Gasteiger partial charge in [-0.1, -0.05) is 53.9 Å². The molecule has 0 aromatic rings. The Labute approximate surface area is 112 Å². The molecule has 0 bridgehead atoms. The number of hydrogen-bond donors (Lipinski definition) is 2. The smallest absolute Gasteiger partial charge is 0.220 e. The van der Waals surface area contributed by atoms with Gasteiger partial charge < -0.3 is 10.8 Å². The summed E-state index contributed by atoms with van der Waals surface area (Å²) < 4.78 is 0. The molecule has 0 saturated carbocycles. The Bertz CT molecular complexity index is 245. The fraction of sp³-hybridized carbons (Fsp3) is 0.933. The molecule has 0 rings (SSSR count). The molecule has 0 unspecified atom stereocenters. The van der Waals surface area contributed by atoms with E-state index in [1.54, 1.807) is 0 Å². The van der Waals surface area contributed by atoms with Crippen molar-refractivity contribution in [2.45, 2.75) is 72.8 Å². The Morgan fingerprint density at radius 1 is 1.17 bits per heavy atom. The van der Waals surface area contributed by atoms with Crippen LogP contribution in [0.4, 0.5) is 0 Å². The molecule has 0 spiro atoms. The van der Waals surface area contributed by atoms with Crippen LogP contribution in [-0.4, -0.2) is 17.1 Å². The van der Waals surface area contributed by atoms with E-state index in [2.05, 4.69) is 27.7 Å². The second-order valence-electron chi connectivity index (χ2n) is 6.81. The molecule has 18 heavy (non-hydrogen) atoms. The first-order valence-corrected chi connectivity index (χ1v) is 7.12. The largest absolute Gasteiger partial charge is 0.393 e. The highest BCUT2D eigenvalue weighted by molar-refractivity contribution is 5.76. The first-order valence-electron chi connectivity index (χ1n) is 7.12. The van der Waals surface area contributed by atoms with Gasteiger partial charge in [0.1, 0.15) is 0 Å². The van der Waals surface area contributed by atoms with Crippen molar-refractivity contribution in [3.05, 3.63) is 0 Å². The Kier molecular flexibility index (Phi) is 7.53. The number of unbranched alkanes of at least 4 members (excludes halogenated alkanes) is 1. The monoisotopic (exact) mass is 257 g/mol. The van der Waals surface area contributed by atoms with Crippen LogP contribution in [0.1, 0.15) is 66.7 Å². The third-order valence-electron chi connectivity index (χ3n) is 3.70. The molecular formula is C15H31NO2. The van der Waals surface area contributed by atoms with Crippen molar-refractivity contribution in [3.8, 4) is 0 Å². The van der Waals surface area contributed by atoms with E-state index in [1.165, 1.54) is 0 Å². The van der Waals surface area contributed by atoms with E-state index in [0.717, 1.165) is 32.1 Å². The average Bonchev–Trinajstić information content (AvgIpc) is 2.22. The second-order valence-corrected chi connectivity index (χ2v) is 6.81. The lowest BCUT2D eigenvalue weighted by atomic mass is 9.83. The molecular weight excluding hydrogens is 226 g/mol. The van der Waals surface area contributed by atoms with Gasteiger partial charge in [-0.05, 0) is 24.2 Å². The van der Waals surface area contributed by atoms with Gasteiger partial charge >= 0.3 is 0 Å². The van der Waals surface area contributed by atoms with Gasteiger partial charge in [-0.25, -0.2) is 0 Å². The van der Waals surface area contributed by atoms with Crippen LogP contribution in [0.2, 0.25) is 0 Å². The normalized spacial score (nSPS) is 17.2. The van der Waals surface area contributed by atoms with Crippen LogP contribution in [0.25, 0.3) is 0 Å². The molecule has 0 aliphatic carbocycles. The van der Waals surface area contributed by atoms with Crippen LogP contribution in [0.5, 0.6) is 0 Å². The van der Waals surface area contributed by atoms with Crippen molar-refractivity contribution in [2.75, 3.05) is 0 Å². The van der Waals surface area contributed by atoms with Gasteiger partial charge in [0.15, 0.2) is 0 Å². The van der Waals surface area contributed by atoms with Gasteiger partial charge in [-0.15, -0.1) is 0 Å². The number of nitrogens with two attached hydrogens (primary N) is 1. The van der Waals surface area contributed by atoms with Crippen molar-refractivity contribution < 1.29 is 9.90 Å². The molecule has 0 saturated heterocycles. The predicted octanol–water partition coefficient (Wildman–Crippen LogP) is 3.10. The number of carbonyl (C=O) groups excluding carboxylic acids is 1. The third-order valence-corrected chi connectivity index (χ3v) is 3.70. The maximum Gasteiger partial charge on any atom is 0.220 e. The fourth-order valence-corrected chi connectivity index (χ4v) is 1.94. The summed E-state index contributed by atoms with van der Waals surface area (Å²) in [5, 5.41) is 10.0. The van der Waals surface area contributed by atoms with Crippen LogP contribution in [0.15, 0.2) is 0 Å². The third kappa shape index (κ3) is 7.70. The van der Waals surface area contributed by atoms with Gasteiger partial charge in [0.25, 0.3) is 0 Å². The van der Waals surface area contributed by atoms with E-state index in [1.807, 2.05) is 6.92 Å². The van der Waals surface area contributed by atoms with Crippen LogP contribution >= 0.6 is 0 Å². The molecule has 0 radical (unpaired) electrons. The van der Waals surface area contributed by atoms with Crippen LogP contribution in [-0.2, 0) is 4.79 Å². The fourth-order valence-electron chi connectivity index (χ4n) is 1.94. The molecule has 0 aromatic heterocycles. The van der Waals surface area contributed by atoms with Gasteiger partial charge in [-0.3, -0.25) is 4.79 Å². The SMILES string of the molecule is C[C@H](CCCC[C@@H](C)C(N)=O)C[C@@H](O)C(C)(C)C. The molecule has 0 aromatic carbocycles. The molecule has 3 N–H and O–H groups in total. The average molecular weight is 257 g/mol. The van der Waals surface area contributed by atoms with Gasteiger partial charge in [0.2, 0.25) is 5.91 Å². The second kappa shape index (κ2) is 7.78. The maximum atomic E-state index is 10.9. The molecule has 3 nitrogen and oxygen atoms in total. The van der Waals surface area contributed by atoms with E-state index in [4.69, 9.17) is 5.73 Å². The molecule has 3 atom stereocenters. The number of amides is 1. The molecule has 0 fully saturated rings. The Hall–Kier alpha value is -0.570. The summed E-state index contributed by atoms with van der Waals surface area (Å²) in [6.07, 6.45) is 4.75. The lowest BCUT2D eigenvalue weighted by Gasteiger charge is -2.28. The van der Waals surface area contributed by atoms with Crippen LogP contribution in [0, 0.1) is 17.3 Å². The molecule has 1 amide bonds. The number of rotatable bonds is 8. The highest BCUT2D eigenvalue weighted by atomic mass is 16.3. The van der Waals surface area contributed by atoms with Gasteiger partial charge in [-0.2, -0.15) is 0 Å². The van der Waals surface area contributed by atoms with E-state index in [-0.39, 0.29) is 23.3 Å². The first-order chi connectivity index (χ1) is 8.14. The van der Waals surface area contributed by atoms with Crippen molar-refractivity contribution in [1.29, 1.82) is 0 Å². The minimum atomic E-state index is -0.239. The summed E-state index contributed by atoms with van der Waals surface area (Å²) in [4.78, 5) is 10.9. The summed E-state index contributed by atoms with van der Waals surface area (Å²) in [6, 6.07) is 0. The molecule has 0 aliphatic rings. The predicted molar refractivity (Wildman–Crippen MR) is 76.1 cm³/mol. The minimum Gasteiger partial charge on any atom is -0.393 e. The summed E-state index contributed by atoms with van der Waals surface area (Å²) in [6.45, 7) is 10.3. The molecule has 0 heterocycles. The Balaban J connectivity index is 3.72. The maximum absolute atomic E-state index is 10.9.